The number of aromatic amines is 1. The summed E-state index contributed by atoms with van der Waals surface area (Å²) in [4.78, 5) is 0. The molecule has 1 heterocycles. The Hall–Kier alpha value is -0.700. The minimum atomic E-state index is 0.479. The topological polar surface area (TPSA) is 40.7 Å². The van der Waals surface area contributed by atoms with Crippen LogP contribution in [0.4, 0.5) is 5.69 Å². The molecular formula is C4H6ClN3. The molecule has 1 aromatic heterocycles. The highest BCUT2D eigenvalue weighted by molar-refractivity contribution is 6.31. The second-order valence-electron chi connectivity index (χ2n) is 1.34. The smallest absolute Gasteiger partial charge is 0.173 e. The van der Waals surface area contributed by atoms with Crippen LogP contribution in [-0.4, -0.2) is 17.2 Å². The van der Waals surface area contributed by atoms with E-state index < -0.39 is 0 Å². The van der Waals surface area contributed by atoms with Crippen LogP contribution < -0.4 is 5.32 Å². The fourth-order valence-corrected chi connectivity index (χ4v) is 0.646. The van der Waals surface area contributed by atoms with Gasteiger partial charge in [-0.25, -0.2) is 0 Å². The van der Waals surface area contributed by atoms with E-state index in [2.05, 4.69) is 15.5 Å². The van der Waals surface area contributed by atoms with Gasteiger partial charge in [0.05, 0.1) is 5.69 Å². The molecule has 0 aliphatic rings. The predicted octanol–water partition coefficient (Wildman–Crippen LogP) is 1.10. The van der Waals surface area contributed by atoms with E-state index in [0.29, 0.717) is 5.15 Å². The van der Waals surface area contributed by atoms with Crippen molar-refractivity contribution in [3.63, 3.8) is 0 Å². The molecule has 8 heavy (non-hydrogen) atoms. The zero-order valence-corrected chi connectivity index (χ0v) is 5.16. The lowest BCUT2D eigenvalue weighted by Crippen LogP contribution is -1.83. The van der Waals surface area contributed by atoms with E-state index in [0.717, 1.165) is 5.69 Å². The van der Waals surface area contributed by atoms with Crippen LogP contribution in [0, 0.1) is 0 Å². The number of aromatic nitrogens is 2. The molecule has 0 spiro atoms. The van der Waals surface area contributed by atoms with Gasteiger partial charge in [-0.05, 0) is 0 Å². The van der Waals surface area contributed by atoms with E-state index in [4.69, 9.17) is 11.6 Å². The summed E-state index contributed by atoms with van der Waals surface area (Å²) in [7, 11) is 1.79. The van der Waals surface area contributed by atoms with E-state index >= 15 is 0 Å². The maximum absolute atomic E-state index is 5.54. The molecule has 1 rings (SSSR count). The fourth-order valence-electron chi connectivity index (χ4n) is 0.449. The zero-order chi connectivity index (χ0) is 5.98. The van der Waals surface area contributed by atoms with Gasteiger partial charge < -0.3 is 5.32 Å². The summed E-state index contributed by atoms with van der Waals surface area (Å²) in [6.07, 6.45) is 1.70. The molecule has 0 radical (unpaired) electrons. The summed E-state index contributed by atoms with van der Waals surface area (Å²) in [5.74, 6) is 0. The van der Waals surface area contributed by atoms with E-state index in [1.807, 2.05) is 0 Å². The van der Waals surface area contributed by atoms with Crippen molar-refractivity contribution in [3.8, 4) is 0 Å². The number of hydrogen-bond donors (Lipinski definition) is 2. The Kier molecular flexibility index (Phi) is 1.39. The highest BCUT2D eigenvalue weighted by Crippen LogP contribution is 2.14. The number of H-pyrrole nitrogens is 1. The lowest BCUT2D eigenvalue weighted by atomic mass is 10.6. The van der Waals surface area contributed by atoms with Crippen LogP contribution in [0.15, 0.2) is 6.20 Å². The van der Waals surface area contributed by atoms with Gasteiger partial charge in [0.2, 0.25) is 0 Å². The summed E-state index contributed by atoms with van der Waals surface area (Å²) < 4.78 is 0. The van der Waals surface area contributed by atoms with Crippen LogP contribution in [0.1, 0.15) is 0 Å². The summed E-state index contributed by atoms with van der Waals surface area (Å²) >= 11 is 5.54. The third-order valence-electron chi connectivity index (χ3n) is 0.863. The molecule has 0 unspecified atom stereocenters. The summed E-state index contributed by atoms with van der Waals surface area (Å²) in [5.41, 5.74) is 0.826. The third kappa shape index (κ3) is 0.767. The minimum Gasteiger partial charge on any atom is -0.384 e. The van der Waals surface area contributed by atoms with Crippen LogP contribution in [0.2, 0.25) is 5.15 Å². The Labute approximate surface area is 52.0 Å². The van der Waals surface area contributed by atoms with Gasteiger partial charge in [0.25, 0.3) is 0 Å². The molecule has 44 valence electrons. The maximum atomic E-state index is 5.54. The van der Waals surface area contributed by atoms with Gasteiger partial charge in [-0.1, -0.05) is 11.6 Å². The first-order valence-electron chi connectivity index (χ1n) is 2.21. The van der Waals surface area contributed by atoms with E-state index in [9.17, 15) is 0 Å². The molecule has 3 nitrogen and oxygen atoms in total. The molecular weight excluding hydrogens is 126 g/mol. The van der Waals surface area contributed by atoms with Gasteiger partial charge >= 0.3 is 0 Å². The van der Waals surface area contributed by atoms with Crippen LogP contribution in [0.5, 0.6) is 0 Å². The highest BCUT2D eigenvalue weighted by Gasteiger charge is 1.95. The lowest BCUT2D eigenvalue weighted by molar-refractivity contribution is 1.09. The number of halogens is 1. The molecule has 0 amide bonds. The largest absolute Gasteiger partial charge is 0.384 e. The second kappa shape index (κ2) is 2.05. The summed E-state index contributed by atoms with van der Waals surface area (Å²) in [6, 6.07) is 0. The predicted molar refractivity (Wildman–Crippen MR) is 33.1 cm³/mol. The molecule has 0 aromatic carbocycles. The van der Waals surface area contributed by atoms with Crippen LogP contribution in [0.25, 0.3) is 0 Å². The molecule has 0 bridgehead atoms. The molecule has 0 saturated carbocycles. The van der Waals surface area contributed by atoms with Crippen LogP contribution in [-0.2, 0) is 0 Å². The number of rotatable bonds is 1. The Morgan fingerprint density at radius 3 is 2.88 bits per heavy atom. The number of anilines is 1. The van der Waals surface area contributed by atoms with Crippen LogP contribution >= 0.6 is 11.6 Å². The molecule has 1 aromatic rings. The molecule has 0 fully saturated rings. The average molecular weight is 132 g/mol. The molecule has 4 heteroatoms. The summed E-state index contributed by atoms with van der Waals surface area (Å²) in [6.45, 7) is 0. The Morgan fingerprint density at radius 2 is 2.62 bits per heavy atom. The van der Waals surface area contributed by atoms with Gasteiger partial charge in [-0.3, -0.25) is 5.10 Å². The van der Waals surface area contributed by atoms with E-state index in [1.54, 1.807) is 13.2 Å². The van der Waals surface area contributed by atoms with Gasteiger partial charge in [0.1, 0.15) is 0 Å². The maximum Gasteiger partial charge on any atom is 0.173 e. The van der Waals surface area contributed by atoms with E-state index in [-0.39, 0.29) is 0 Å². The SMILES string of the molecule is CNc1c[nH]nc1Cl. The average Bonchev–Trinajstić information content (AvgIpc) is 2.14. The fraction of sp³-hybridized carbons (Fsp3) is 0.250. The van der Waals surface area contributed by atoms with Gasteiger partial charge in [0.15, 0.2) is 5.15 Å². The van der Waals surface area contributed by atoms with Crippen molar-refractivity contribution in [3.05, 3.63) is 11.3 Å². The molecule has 0 aliphatic heterocycles. The minimum absolute atomic E-state index is 0.479. The Bertz CT molecular complexity index is 172. The molecule has 0 atom stereocenters. The molecule has 0 aliphatic carbocycles. The lowest BCUT2D eigenvalue weighted by Gasteiger charge is -1.88. The number of hydrogen-bond acceptors (Lipinski definition) is 2. The van der Waals surface area contributed by atoms with Crippen LogP contribution in [0.3, 0.4) is 0 Å². The Balaban J connectivity index is 2.92. The van der Waals surface area contributed by atoms with Crippen molar-refractivity contribution in [2.45, 2.75) is 0 Å². The van der Waals surface area contributed by atoms with Crippen molar-refractivity contribution < 1.29 is 0 Å². The monoisotopic (exact) mass is 131 g/mol. The van der Waals surface area contributed by atoms with Crippen molar-refractivity contribution >= 4 is 17.3 Å². The van der Waals surface area contributed by atoms with Crippen molar-refractivity contribution in [2.75, 3.05) is 12.4 Å². The zero-order valence-electron chi connectivity index (χ0n) is 4.40. The van der Waals surface area contributed by atoms with Gasteiger partial charge in [-0.15, -0.1) is 0 Å². The van der Waals surface area contributed by atoms with Gasteiger partial charge in [-0.2, -0.15) is 5.10 Å². The Morgan fingerprint density at radius 1 is 1.88 bits per heavy atom. The quantitative estimate of drug-likeness (QED) is 0.600. The first-order chi connectivity index (χ1) is 3.84. The second-order valence-corrected chi connectivity index (χ2v) is 1.70. The van der Waals surface area contributed by atoms with Crippen molar-refractivity contribution in [2.24, 2.45) is 0 Å². The van der Waals surface area contributed by atoms with Gasteiger partial charge in [0, 0.05) is 13.2 Å². The number of nitrogens with zero attached hydrogens (tertiary/aromatic N) is 1. The van der Waals surface area contributed by atoms with E-state index in [1.165, 1.54) is 0 Å². The first-order valence-corrected chi connectivity index (χ1v) is 2.59. The highest BCUT2D eigenvalue weighted by atomic mass is 35.5. The van der Waals surface area contributed by atoms with Crippen molar-refractivity contribution in [1.82, 2.24) is 10.2 Å². The summed E-state index contributed by atoms with van der Waals surface area (Å²) in [5, 5.41) is 9.60. The normalized spacial score (nSPS) is 9.25. The van der Waals surface area contributed by atoms with Crippen molar-refractivity contribution in [1.29, 1.82) is 0 Å². The first kappa shape index (κ1) is 5.44. The standard InChI is InChI=1S/C4H6ClN3/c1-6-3-2-7-8-4(3)5/h2,6H,1H3,(H,7,8). The number of nitrogens with one attached hydrogen (secondary N) is 2. The molecule has 2 N–H and O–H groups in total. The third-order valence-corrected chi connectivity index (χ3v) is 1.15. The molecule has 0 saturated heterocycles.